The van der Waals surface area contributed by atoms with Crippen LogP contribution in [-0.2, 0) is 9.59 Å². The molecule has 0 saturated heterocycles. The van der Waals surface area contributed by atoms with Crippen LogP contribution in [-0.4, -0.2) is 39.3 Å². The van der Waals surface area contributed by atoms with Crippen LogP contribution in [0.1, 0.15) is 47.5 Å². The third-order valence-corrected chi connectivity index (χ3v) is 0.691. The van der Waals surface area contributed by atoms with Gasteiger partial charge in [0.05, 0.1) is 6.42 Å². The number of carboxylic acid groups (broad SMARTS) is 1. The molecule has 0 unspecified atom stereocenters. The highest BCUT2D eigenvalue weighted by Crippen LogP contribution is 1.87. The molecule has 0 aromatic heterocycles. The number of aliphatic carboxylic acids is 1. The molecule has 98 valence electrons. The highest BCUT2D eigenvalue weighted by atomic mass is 16.4. The summed E-state index contributed by atoms with van der Waals surface area (Å²) in [5.41, 5.74) is 0. The third kappa shape index (κ3) is 115. The number of carbonyl (C=O) groups is 2. The molecule has 0 aliphatic carbocycles. The second kappa shape index (κ2) is 14.1. The van der Waals surface area contributed by atoms with Gasteiger partial charge >= 0.3 is 5.97 Å². The highest BCUT2D eigenvalue weighted by molar-refractivity contribution is 5.80. The van der Waals surface area contributed by atoms with Gasteiger partial charge in [-0.2, -0.15) is 0 Å². The molecule has 0 aliphatic heterocycles. The maximum Gasteiger partial charge on any atom is 0.303 e. The number of Topliss-reactive ketones (excluding diaryl/α,β-unsaturated/α-hetero) is 1. The van der Waals surface area contributed by atoms with Crippen LogP contribution in [0.25, 0.3) is 0 Å². The lowest BCUT2D eigenvalue weighted by molar-refractivity contribution is -0.138. The number of hydrogen-bond donors (Lipinski definition) is 3. The number of hydrogen-bond acceptors (Lipinski definition) is 4. The van der Waals surface area contributed by atoms with Crippen molar-refractivity contribution in [1.29, 1.82) is 0 Å². The first-order chi connectivity index (χ1) is 7.09. The van der Waals surface area contributed by atoms with Crippen molar-refractivity contribution in [2.24, 2.45) is 0 Å². The molecule has 5 nitrogen and oxygen atoms in total. The summed E-state index contributed by atoms with van der Waals surface area (Å²) in [4.78, 5) is 19.8. The summed E-state index contributed by atoms with van der Waals surface area (Å²) in [6, 6.07) is 0. The Morgan fingerprint density at radius 3 is 1.25 bits per heavy atom. The van der Waals surface area contributed by atoms with Crippen molar-refractivity contribution >= 4 is 11.8 Å². The number of aliphatic hydroxyl groups is 2. The zero-order valence-corrected chi connectivity index (χ0v) is 10.7. The maximum absolute atomic E-state index is 10.1. The maximum atomic E-state index is 10.1. The van der Waals surface area contributed by atoms with Gasteiger partial charge in [-0.15, -0.1) is 0 Å². The second-order valence-electron chi connectivity index (χ2n) is 3.78. The van der Waals surface area contributed by atoms with Crippen LogP contribution >= 0.6 is 0 Å². The largest absolute Gasteiger partial charge is 0.481 e. The molecule has 0 bridgehead atoms. The summed E-state index contributed by atoms with van der Waals surface area (Å²) in [6.45, 7) is 8.27. The number of aliphatic hydroxyl groups excluding tert-OH is 2. The summed E-state index contributed by atoms with van der Waals surface area (Å²) < 4.78 is 0. The lowest BCUT2D eigenvalue weighted by Crippen LogP contribution is -1.98. The van der Waals surface area contributed by atoms with E-state index in [4.69, 9.17) is 15.3 Å². The summed E-state index contributed by atoms with van der Waals surface area (Å²) in [6.07, 6.45) is -0.231. The first-order valence-corrected chi connectivity index (χ1v) is 5.16. The molecule has 0 aromatic carbocycles. The van der Waals surface area contributed by atoms with Crippen molar-refractivity contribution in [3.63, 3.8) is 0 Å². The smallest absolute Gasteiger partial charge is 0.303 e. The van der Waals surface area contributed by atoms with E-state index in [-0.39, 0.29) is 30.8 Å². The molecule has 0 radical (unpaired) electrons. The van der Waals surface area contributed by atoms with Gasteiger partial charge in [-0.3, -0.25) is 4.79 Å². The third-order valence-electron chi connectivity index (χ3n) is 0.691. The number of rotatable bonds is 3. The van der Waals surface area contributed by atoms with Gasteiger partial charge in [0.2, 0.25) is 0 Å². The van der Waals surface area contributed by atoms with E-state index < -0.39 is 5.97 Å². The van der Waals surface area contributed by atoms with Crippen molar-refractivity contribution in [3.05, 3.63) is 0 Å². The predicted octanol–water partition coefficient (Wildman–Crippen LogP) is 1.21. The fourth-order valence-corrected chi connectivity index (χ4v) is 0.283. The Kier molecular flexibility index (Phi) is 18.0. The van der Waals surface area contributed by atoms with Crippen LogP contribution in [0.4, 0.5) is 0 Å². The minimum Gasteiger partial charge on any atom is -0.481 e. The molecular weight excluding hydrogens is 212 g/mol. The van der Waals surface area contributed by atoms with E-state index in [1.165, 1.54) is 6.92 Å². The van der Waals surface area contributed by atoms with Gasteiger partial charge < -0.3 is 20.1 Å². The molecule has 3 N–H and O–H groups in total. The summed E-state index contributed by atoms with van der Waals surface area (Å²) in [5, 5.41) is 24.1. The molecule has 0 aromatic rings. The molecule has 0 atom stereocenters. The average molecular weight is 236 g/mol. The molecule has 0 fully saturated rings. The van der Waals surface area contributed by atoms with E-state index in [0.29, 0.717) is 0 Å². The lowest BCUT2D eigenvalue weighted by atomic mass is 10.2. The quantitative estimate of drug-likeness (QED) is 0.684. The van der Waals surface area contributed by atoms with Crippen LogP contribution in [0.3, 0.4) is 0 Å². The van der Waals surface area contributed by atoms with Gasteiger partial charge in [0, 0.05) is 18.6 Å². The molecule has 0 heterocycles. The number of carbonyl (C=O) groups excluding carboxylic acids is 1. The van der Waals surface area contributed by atoms with Crippen molar-refractivity contribution in [3.8, 4) is 0 Å². The Labute approximate surface area is 97.1 Å². The first-order valence-electron chi connectivity index (χ1n) is 5.16. The van der Waals surface area contributed by atoms with E-state index in [1.807, 2.05) is 0 Å². The van der Waals surface area contributed by atoms with Crippen LogP contribution in [0, 0.1) is 0 Å². The Hall–Kier alpha value is -0.940. The molecule has 0 spiro atoms. The fourth-order valence-electron chi connectivity index (χ4n) is 0.283. The highest BCUT2D eigenvalue weighted by Gasteiger charge is 1.97. The molecule has 0 saturated carbocycles. The van der Waals surface area contributed by atoms with Gasteiger partial charge in [-0.25, -0.2) is 0 Å². The SMILES string of the molecule is CC(=O)CCC(=O)O.CC(C)O.CC(C)O. The predicted molar refractivity (Wildman–Crippen MR) is 62.3 cm³/mol. The molecule has 0 rings (SSSR count). The average Bonchev–Trinajstić information content (AvgIpc) is 1.98. The van der Waals surface area contributed by atoms with E-state index >= 15 is 0 Å². The zero-order chi connectivity index (χ0) is 13.7. The van der Waals surface area contributed by atoms with Crippen LogP contribution in [0.2, 0.25) is 0 Å². The molecule has 0 amide bonds. The molecular formula is C11H24O5. The Morgan fingerprint density at radius 2 is 1.19 bits per heavy atom. The topological polar surface area (TPSA) is 94.8 Å². The van der Waals surface area contributed by atoms with Gasteiger partial charge in [0.1, 0.15) is 5.78 Å². The summed E-state index contributed by atoms with van der Waals surface area (Å²) >= 11 is 0. The minimum atomic E-state index is -0.916. The number of carboxylic acids is 1. The van der Waals surface area contributed by atoms with Gasteiger partial charge in [0.25, 0.3) is 0 Å². The van der Waals surface area contributed by atoms with Gasteiger partial charge in [-0.1, -0.05) is 0 Å². The summed E-state index contributed by atoms with van der Waals surface area (Å²) in [5.74, 6) is -0.993. The minimum absolute atomic E-state index is 0.0463. The summed E-state index contributed by atoms with van der Waals surface area (Å²) in [7, 11) is 0. The van der Waals surface area contributed by atoms with E-state index in [1.54, 1.807) is 27.7 Å². The van der Waals surface area contributed by atoms with Crippen molar-refractivity contribution in [2.75, 3.05) is 0 Å². The molecule has 16 heavy (non-hydrogen) atoms. The van der Waals surface area contributed by atoms with Crippen molar-refractivity contribution < 1.29 is 24.9 Å². The van der Waals surface area contributed by atoms with Crippen molar-refractivity contribution in [1.82, 2.24) is 0 Å². The van der Waals surface area contributed by atoms with Gasteiger partial charge in [0.15, 0.2) is 0 Å². The fraction of sp³-hybridized carbons (Fsp3) is 0.818. The Balaban J connectivity index is -0.000000179. The molecule has 5 heteroatoms. The van der Waals surface area contributed by atoms with Crippen LogP contribution in [0.15, 0.2) is 0 Å². The van der Waals surface area contributed by atoms with Crippen LogP contribution in [0.5, 0.6) is 0 Å². The zero-order valence-electron chi connectivity index (χ0n) is 10.7. The van der Waals surface area contributed by atoms with E-state index in [2.05, 4.69) is 0 Å². The van der Waals surface area contributed by atoms with Crippen molar-refractivity contribution in [2.45, 2.75) is 59.7 Å². The number of ketones is 1. The van der Waals surface area contributed by atoms with Gasteiger partial charge in [-0.05, 0) is 34.6 Å². The lowest BCUT2D eigenvalue weighted by Gasteiger charge is -1.86. The van der Waals surface area contributed by atoms with E-state index in [0.717, 1.165) is 0 Å². The van der Waals surface area contributed by atoms with E-state index in [9.17, 15) is 9.59 Å². The first kappa shape index (κ1) is 20.5. The normalized spacial score (nSPS) is 8.81. The molecule has 0 aliphatic rings. The standard InChI is InChI=1S/C5H8O3.2C3H8O/c1-4(6)2-3-5(7)8;2*1-3(2)4/h2-3H2,1H3,(H,7,8);2*3-4H,1-2H3. The Morgan fingerprint density at radius 1 is 0.938 bits per heavy atom. The monoisotopic (exact) mass is 236 g/mol. The van der Waals surface area contributed by atoms with Crippen LogP contribution < -0.4 is 0 Å². The Bertz CT molecular complexity index is 150. The second-order valence-corrected chi connectivity index (χ2v) is 3.78.